The molecule has 0 fully saturated rings. The number of amides is 2. The number of carbonyl (C=O) groups is 2. The van der Waals surface area contributed by atoms with Gasteiger partial charge in [0.1, 0.15) is 12.4 Å². The van der Waals surface area contributed by atoms with Gasteiger partial charge in [0.05, 0.1) is 12.5 Å². The fourth-order valence-electron chi connectivity index (χ4n) is 1.87. The molecule has 1 aromatic carbocycles. The molecule has 1 aromatic rings. The predicted molar refractivity (Wildman–Crippen MR) is 88.9 cm³/mol. The summed E-state index contributed by atoms with van der Waals surface area (Å²) < 4.78 is 5.64. The van der Waals surface area contributed by atoms with Gasteiger partial charge >= 0.3 is 12.0 Å². The van der Waals surface area contributed by atoms with E-state index in [1.165, 1.54) is 5.56 Å². The van der Waals surface area contributed by atoms with Gasteiger partial charge in [-0.25, -0.2) is 4.79 Å². The lowest BCUT2D eigenvalue weighted by molar-refractivity contribution is -0.136. The van der Waals surface area contributed by atoms with Crippen LogP contribution in [0.25, 0.3) is 0 Å². The fourth-order valence-corrected chi connectivity index (χ4v) is 1.87. The summed E-state index contributed by atoms with van der Waals surface area (Å²) in [5.41, 5.74) is 1.33. The van der Waals surface area contributed by atoms with Crippen molar-refractivity contribution in [3.8, 4) is 5.75 Å². The normalized spacial score (nSPS) is 12.3. The number of carbonyl (C=O) groups excluding carboxylic acids is 1. The highest BCUT2D eigenvalue weighted by molar-refractivity contribution is 5.75. The third-order valence-electron chi connectivity index (χ3n) is 3.22. The van der Waals surface area contributed by atoms with Crippen LogP contribution in [0.2, 0.25) is 0 Å². The Morgan fingerprint density at radius 1 is 1.22 bits per heavy atom. The van der Waals surface area contributed by atoms with Gasteiger partial charge in [-0.15, -0.1) is 0 Å². The fraction of sp³-hybridized carbons (Fsp3) is 0.529. The summed E-state index contributed by atoms with van der Waals surface area (Å²) in [6.45, 7) is 8.71. The van der Waals surface area contributed by atoms with E-state index < -0.39 is 12.0 Å². The number of urea groups is 1. The highest BCUT2D eigenvalue weighted by atomic mass is 16.5. The zero-order valence-corrected chi connectivity index (χ0v) is 14.2. The van der Waals surface area contributed by atoms with Gasteiger partial charge in [-0.05, 0) is 30.0 Å². The number of rotatable bonds is 7. The largest absolute Gasteiger partial charge is 0.491 e. The average molecular weight is 322 g/mol. The van der Waals surface area contributed by atoms with Crippen LogP contribution in [0.1, 0.15) is 39.7 Å². The van der Waals surface area contributed by atoms with E-state index in [1.54, 1.807) is 0 Å². The molecule has 1 rings (SSSR count). The van der Waals surface area contributed by atoms with Crippen LogP contribution in [0, 0.1) is 0 Å². The smallest absolute Gasteiger partial charge is 0.315 e. The van der Waals surface area contributed by atoms with E-state index in [4.69, 9.17) is 9.84 Å². The Morgan fingerprint density at radius 3 is 2.35 bits per heavy atom. The first kappa shape index (κ1) is 18.8. The van der Waals surface area contributed by atoms with E-state index in [9.17, 15) is 9.59 Å². The van der Waals surface area contributed by atoms with Crippen molar-refractivity contribution in [2.45, 2.75) is 45.6 Å². The van der Waals surface area contributed by atoms with Crippen molar-refractivity contribution in [1.82, 2.24) is 10.6 Å². The van der Waals surface area contributed by atoms with E-state index in [2.05, 4.69) is 31.4 Å². The molecule has 1 unspecified atom stereocenters. The molecule has 0 aliphatic heterocycles. The molecule has 0 radical (unpaired) electrons. The lowest BCUT2D eigenvalue weighted by Gasteiger charge is -2.20. The van der Waals surface area contributed by atoms with E-state index in [0.717, 1.165) is 5.75 Å². The second-order valence-electron chi connectivity index (χ2n) is 6.53. The molecule has 0 heterocycles. The number of aliphatic carboxylic acids is 1. The van der Waals surface area contributed by atoms with Gasteiger partial charge < -0.3 is 20.5 Å². The van der Waals surface area contributed by atoms with Crippen molar-refractivity contribution in [1.29, 1.82) is 0 Å². The van der Waals surface area contributed by atoms with Gasteiger partial charge in [-0.2, -0.15) is 0 Å². The molecule has 6 heteroatoms. The van der Waals surface area contributed by atoms with Crippen molar-refractivity contribution < 1.29 is 19.4 Å². The molecule has 6 nitrogen and oxygen atoms in total. The zero-order valence-electron chi connectivity index (χ0n) is 14.2. The number of benzene rings is 1. The first-order chi connectivity index (χ1) is 10.7. The number of carboxylic acid groups (broad SMARTS) is 1. The number of nitrogens with one attached hydrogen (secondary N) is 2. The van der Waals surface area contributed by atoms with Gasteiger partial charge in [-0.1, -0.05) is 32.9 Å². The summed E-state index contributed by atoms with van der Waals surface area (Å²) in [4.78, 5) is 21.9. The standard InChI is InChI=1S/C17H26N2O4/c1-12(19-16(22)18-10-9-15(20)21)11-23-14-7-5-13(6-8-14)17(2,3)4/h5-8,12H,9-11H2,1-4H3,(H,20,21)(H2,18,19,22). The second-order valence-corrected chi connectivity index (χ2v) is 6.53. The van der Waals surface area contributed by atoms with Crippen molar-refractivity contribution in [3.63, 3.8) is 0 Å². The molecule has 0 saturated carbocycles. The Bertz CT molecular complexity index is 520. The van der Waals surface area contributed by atoms with Crippen LogP contribution >= 0.6 is 0 Å². The van der Waals surface area contributed by atoms with Crippen LogP contribution < -0.4 is 15.4 Å². The van der Waals surface area contributed by atoms with Gasteiger partial charge in [0, 0.05) is 6.54 Å². The third kappa shape index (κ3) is 7.54. The molecule has 2 amide bonds. The second kappa shape index (κ2) is 8.41. The number of hydrogen-bond acceptors (Lipinski definition) is 3. The molecule has 0 aliphatic carbocycles. The Morgan fingerprint density at radius 2 is 1.83 bits per heavy atom. The van der Waals surface area contributed by atoms with Gasteiger partial charge in [0.2, 0.25) is 0 Å². The monoisotopic (exact) mass is 322 g/mol. The molecular formula is C17H26N2O4. The van der Waals surface area contributed by atoms with E-state index in [-0.39, 0.29) is 24.4 Å². The number of carboxylic acids is 1. The quantitative estimate of drug-likeness (QED) is 0.720. The van der Waals surface area contributed by atoms with Gasteiger partial charge in [0.15, 0.2) is 0 Å². The molecule has 128 valence electrons. The van der Waals surface area contributed by atoms with Crippen molar-refractivity contribution in [3.05, 3.63) is 29.8 Å². The van der Waals surface area contributed by atoms with Gasteiger partial charge in [-0.3, -0.25) is 4.79 Å². The third-order valence-corrected chi connectivity index (χ3v) is 3.22. The van der Waals surface area contributed by atoms with Crippen LogP contribution in [0.15, 0.2) is 24.3 Å². The van der Waals surface area contributed by atoms with Crippen LogP contribution in [-0.2, 0) is 10.2 Å². The lowest BCUT2D eigenvalue weighted by Crippen LogP contribution is -2.43. The summed E-state index contributed by atoms with van der Waals surface area (Å²) in [5, 5.41) is 13.7. The topological polar surface area (TPSA) is 87.7 Å². The number of hydrogen-bond donors (Lipinski definition) is 3. The highest BCUT2D eigenvalue weighted by Gasteiger charge is 2.13. The molecule has 0 spiro atoms. The first-order valence-corrected chi connectivity index (χ1v) is 7.68. The van der Waals surface area contributed by atoms with Crippen molar-refractivity contribution in [2.24, 2.45) is 0 Å². The summed E-state index contributed by atoms with van der Waals surface area (Å²) in [5.74, 6) is -0.196. The van der Waals surface area contributed by atoms with Gasteiger partial charge in [0.25, 0.3) is 0 Å². The lowest BCUT2D eigenvalue weighted by atomic mass is 9.87. The Kier molecular flexibility index (Phi) is 6.88. The first-order valence-electron chi connectivity index (χ1n) is 7.68. The Balaban J connectivity index is 2.34. The zero-order chi connectivity index (χ0) is 17.5. The molecule has 0 aromatic heterocycles. The SMILES string of the molecule is CC(COc1ccc(C(C)(C)C)cc1)NC(=O)NCCC(=O)O. The number of ether oxygens (including phenoxy) is 1. The maximum Gasteiger partial charge on any atom is 0.315 e. The van der Waals surface area contributed by atoms with Crippen molar-refractivity contribution in [2.75, 3.05) is 13.2 Å². The maximum atomic E-state index is 11.5. The molecule has 23 heavy (non-hydrogen) atoms. The Labute approximate surface area is 137 Å². The minimum absolute atomic E-state index is 0.0986. The van der Waals surface area contributed by atoms with E-state index in [1.807, 2.05) is 31.2 Å². The Hall–Kier alpha value is -2.24. The minimum atomic E-state index is -0.944. The van der Waals surface area contributed by atoms with Crippen LogP contribution in [0.4, 0.5) is 4.79 Å². The average Bonchev–Trinajstić information content (AvgIpc) is 2.44. The van der Waals surface area contributed by atoms with Crippen LogP contribution in [0.5, 0.6) is 5.75 Å². The molecule has 1 atom stereocenters. The van der Waals surface area contributed by atoms with Crippen molar-refractivity contribution >= 4 is 12.0 Å². The highest BCUT2D eigenvalue weighted by Crippen LogP contribution is 2.24. The molecule has 0 aliphatic rings. The predicted octanol–water partition coefficient (Wildman–Crippen LogP) is 2.53. The molecule has 3 N–H and O–H groups in total. The van der Waals surface area contributed by atoms with E-state index >= 15 is 0 Å². The molecule has 0 saturated heterocycles. The van der Waals surface area contributed by atoms with Crippen LogP contribution in [-0.4, -0.2) is 36.3 Å². The van der Waals surface area contributed by atoms with E-state index in [0.29, 0.717) is 6.61 Å². The van der Waals surface area contributed by atoms with Crippen LogP contribution in [0.3, 0.4) is 0 Å². The molecular weight excluding hydrogens is 296 g/mol. The summed E-state index contributed by atoms with van der Waals surface area (Å²) in [7, 11) is 0. The summed E-state index contributed by atoms with van der Waals surface area (Å²) in [6, 6.07) is 7.31. The summed E-state index contributed by atoms with van der Waals surface area (Å²) >= 11 is 0. The summed E-state index contributed by atoms with van der Waals surface area (Å²) in [6.07, 6.45) is -0.0988. The minimum Gasteiger partial charge on any atom is -0.491 e. The molecule has 0 bridgehead atoms. The maximum absolute atomic E-state index is 11.5.